The molecule has 19 heavy (non-hydrogen) atoms. The number of hydrogen-bond acceptors (Lipinski definition) is 2. The van der Waals surface area contributed by atoms with Crippen LogP contribution in [0.4, 0.5) is 13.2 Å². The summed E-state index contributed by atoms with van der Waals surface area (Å²) in [6, 6.07) is -0.231. The van der Waals surface area contributed by atoms with E-state index >= 15 is 0 Å². The van der Waals surface area contributed by atoms with Gasteiger partial charge in [0.05, 0.1) is 6.42 Å². The molecule has 1 aliphatic rings. The largest absolute Gasteiger partial charge is 0.481 e. The Balaban J connectivity index is 2.50. The van der Waals surface area contributed by atoms with E-state index in [0.717, 1.165) is 12.8 Å². The predicted octanol–water partition coefficient (Wildman–Crippen LogP) is 2.57. The smallest absolute Gasteiger partial charge is 0.389 e. The number of piperidine rings is 1. The Kier molecular flexibility index (Phi) is 5.62. The molecule has 0 radical (unpaired) electrons. The highest BCUT2D eigenvalue weighted by Crippen LogP contribution is 2.25. The minimum Gasteiger partial charge on any atom is -0.481 e. The van der Waals surface area contributed by atoms with Crippen LogP contribution in [0.15, 0.2) is 0 Å². The number of hydrogen-bond donors (Lipinski definition) is 1. The number of carbonyl (C=O) groups excluding carboxylic acids is 1. The zero-order chi connectivity index (χ0) is 14.5. The highest BCUT2D eigenvalue weighted by molar-refractivity contribution is 5.76. The van der Waals surface area contributed by atoms with E-state index in [4.69, 9.17) is 5.11 Å². The topological polar surface area (TPSA) is 57.6 Å². The average molecular weight is 281 g/mol. The van der Waals surface area contributed by atoms with Gasteiger partial charge in [-0.15, -0.1) is 0 Å². The lowest BCUT2D eigenvalue weighted by atomic mass is 9.97. The highest BCUT2D eigenvalue weighted by atomic mass is 19.4. The predicted molar refractivity (Wildman–Crippen MR) is 61.5 cm³/mol. The Morgan fingerprint density at radius 1 is 1.21 bits per heavy atom. The maximum absolute atomic E-state index is 12.1. The Bertz CT molecular complexity index is 331. The second-order valence-corrected chi connectivity index (χ2v) is 4.78. The molecule has 7 heteroatoms. The molecule has 110 valence electrons. The van der Waals surface area contributed by atoms with Gasteiger partial charge >= 0.3 is 12.1 Å². The van der Waals surface area contributed by atoms with E-state index in [1.54, 1.807) is 0 Å². The van der Waals surface area contributed by atoms with Crippen molar-refractivity contribution in [2.45, 2.75) is 57.2 Å². The molecule has 1 N–H and O–H groups in total. The molecule has 1 amide bonds. The maximum Gasteiger partial charge on any atom is 0.389 e. The second-order valence-electron chi connectivity index (χ2n) is 4.78. The molecule has 0 aliphatic carbocycles. The van der Waals surface area contributed by atoms with Crippen LogP contribution >= 0.6 is 0 Å². The SMILES string of the molecule is O=C(O)CCC1CCCCN1C(=O)CCC(F)(F)F. The third-order valence-corrected chi connectivity index (χ3v) is 3.26. The lowest BCUT2D eigenvalue weighted by Gasteiger charge is -2.36. The number of amides is 1. The number of carboxylic acid groups (broad SMARTS) is 1. The van der Waals surface area contributed by atoms with Crippen LogP contribution in [-0.4, -0.2) is 40.6 Å². The van der Waals surface area contributed by atoms with Crippen LogP contribution in [-0.2, 0) is 9.59 Å². The average Bonchev–Trinajstić information content (AvgIpc) is 2.33. The van der Waals surface area contributed by atoms with Crippen LogP contribution < -0.4 is 0 Å². The van der Waals surface area contributed by atoms with Crippen molar-refractivity contribution in [1.82, 2.24) is 4.90 Å². The van der Waals surface area contributed by atoms with E-state index in [1.165, 1.54) is 4.90 Å². The second kappa shape index (κ2) is 6.77. The Morgan fingerprint density at radius 2 is 1.89 bits per heavy atom. The fourth-order valence-corrected chi connectivity index (χ4v) is 2.31. The molecule has 1 saturated heterocycles. The Hall–Kier alpha value is -1.27. The molecule has 1 heterocycles. The van der Waals surface area contributed by atoms with Gasteiger partial charge < -0.3 is 10.0 Å². The number of halogens is 3. The summed E-state index contributed by atoms with van der Waals surface area (Å²) in [5.74, 6) is -1.47. The summed E-state index contributed by atoms with van der Waals surface area (Å²) in [6.45, 7) is 0.432. The zero-order valence-corrected chi connectivity index (χ0v) is 10.6. The van der Waals surface area contributed by atoms with Gasteiger partial charge in [-0.3, -0.25) is 9.59 Å². The number of carbonyl (C=O) groups is 2. The first-order chi connectivity index (χ1) is 8.79. The summed E-state index contributed by atoms with van der Waals surface area (Å²) in [5, 5.41) is 8.63. The van der Waals surface area contributed by atoms with Gasteiger partial charge in [0.15, 0.2) is 0 Å². The summed E-state index contributed by atoms with van der Waals surface area (Å²) in [7, 11) is 0. The number of nitrogens with zero attached hydrogens (tertiary/aromatic N) is 1. The van der Waals surface area contributed by atoms with Gasteiger partial charge in [0.2, 0.25) is 5.91 Å². The summed E-state index contributed by atoms with van der Waals surface area (Å²) >= 11 is 0. The molecule has 0 spiro atoms. The van der Waals surface area contributed by atoms with Crippen LogP contribution in [0.25, 0.3) is 0 Å². The molecule has 1 rings (SSSR count). The van der Waals surface area contributed by atoms with Gasteiger partial charge in [0.1, 0.15) is 0 Å². The van der Waals surface area contributed by atoms with Gasteiger partial charge in [0.25, 0.3) is 0 Å². The standard InChI is InChI=1S/C12H18F3NO3/c13-12(14,15)7-6-10(17)16-8-2-1-3-9(16)4-5-11(18)19/h9H,1-8H2,(H,18,19). The van der Waals surface area contributed by atoms with Gasteiger partial charge in [-0.05, 0) is 25.7 Å². The molecule has 0 saturated carbocycles. The van der Waals surface area contributed by atoms with Crippen molar-refractivity contribution in [2.24, 2.45) is 0 Å². The van der Waals surface area contributed by atoms with E-state index in [2.05, 4.69) is 0 Å². The molecular weight excluding hydrogens is 263 g/mol. The van der Waals surface area contributed by atoms with Crippen molar-refractivity contribution in [3.8, 4) is 0 Å². The Morgan fingerprint density at radius 3 is 2.47 bits per heavy atom. The first-order valence-electron chi connectivity index (χ1n) is 6.37. The number of rotatable bonds is 5. The van der Waals surface area contributed by atoms with Crippen LogP contribution in [0, 0.1) is 0 Å². The van der Waals surface area contributed by atoms with Crippen molar-refractivity contribution in [3.05, 3.63) is 0 Å². The molecule has 1 unspecified atom stereocenters. The molecule has 0 bridgehead atoms. The first kappa shape index (κ1) is 15.8. The van der Waals surface area contributed by atoms with Gasteiger partial charge in [-0.25, -0.2) is 0 Å². The van der Waals surface area contributed by atoms with Crippen molar-refractivity contribution in [2.75, 3.05) is 6.54 Å². The highest BCUT2D eigenvalue weighted by Gasteiger charge is 2.32. The van der Waals surface area contributed by atoms with Crippen molar-refractivity contribution < 1.29 is 27.9 Å². The third-order valence-electron chi connectivity index (χ3n) is 3.26. The van der Waals surface area contributed by atoms with Crippen LogP contribution in [0.2, 0.25) is 0 Å². The van der Waals surface area contributed by atoms with Gasteiger partial charge in [0, 0.05) is 25.4 Å². The summed E-state index contributed by atoms with van der Waals surface area (Å²) in [6.07, 6.45) is -3.43. The van der Waals surface area contributed by atoms with E-state index in [0.29, 0.717) is 19.4 Å². The molecule has 4 nitrogen and oxygen atoms in total. The summed E-state index contributed by atoms with van der Waals surface area (Å²) < 4.78 is 36.3. The molecule has 1 atom stereocenters. The van der Waals surface area contributed by atoms with Crippen molar-refractivity contribution in [3.63, 3.8) is 0 Å². The van der Waals surface area contributed by atoms with E-state index in [-0.39, 0.29) is 12.5 Å². The molecule has 1 fully saturated rings. The number of carboxylic acids is 1. The van der Waals surface area contributed by atoms with E-state index in [9.17, 15) is 22.8 Å². The molecule has 0 aromatic heterocycles. The van der Waals surface area contributed by atoms with Crippen LogP contribution in [0.3, 0.4) is 0 Å². The summed E-state index contributed by atoms with van der Waals surface area (Å²) in [5.41, 5.74) is 0. The van der Waals surface area contributed by atoms with Crippen LogP contribution in [0.5, 0.6) is 0 Å². The van der Waals surface area contributed by atoms with Gasteiger partial charge in [-0.2, -0.15) is 13.2 Å². The molecule has 1 aliphatic heterocycles. The first-order valence-corrected chi connectivity index (χ1v) is 6.37. The number of likely N-dealkylation sites (tertiary alicyclic amines) is 1. The third kappa shape index (κ3) is 5.94. The fourth-order valence-electron chi connectivity index (χ4n) is 2.31. The van der Waals surface area contributed by atoms with E-state index in [1.807, 2.05) is 0 Å². The number of aliphatic carboxylic acids is 1. The van der Waals surface area contributed by atoms with E-state index < -0.39 is 30.9 Å². The molecular formula is C12H18F3NO3. The monoisotopic (exact) mass is 281 g/mol. The maximum atomic E-state index is 12.1. The van der Waals surface area contributed by atoms with Crippen LogP contribution in [0.1, 0.15) is 44.9 Å². The number of alkyl halides is 3. The molecule has 0 aromatic rings. The fraction of sp³-hybridized carbons (Fsp3) is 0.833. The minimum atomic E-state index is -4.33. The quantitative estimate of drug-likeness (QED) is 0.842. The lowest BCUT2D eigenvalue weighted by molar-refractivity contribution is -0.151. The van der Waals surface area contributed by atoms with Crippen molar-refractivity contribution in [1.29, 1.82) is 0 Å². The van der Waals surface area contributed by atoms with Crippen molar-refractivity contribution >= 4 is 11.9 Å². The normalized spacial score (nSPS) is 20.4. The lowest BCUT2D eigenvalue weighted by Crippen LogP contribution is -2.44. The summed E-state index contributed by atoms with van der Waals surface area (Å²) in [4.78, 5) is 23.7. The molecule has 0 aromatic carbocycles. The zero-order valence-electron chi connectivity index (χ0n) is 10.6. The minimum absolute atomic E-state index is 0.0618. The van der Waals surface area contributed by atoms with Gasteiger partial charge in [-0.1, -0.05) is 0 Å². The Labute approximate surface area is 109 Å².